The van der Waals surface area contributed by atoms with E-state index < -0.39 is 0 Å². The van der Waals surface area contributed by atoms with Crippen molar-refractivity contribution in [2.24, 2.45) is 11.7 Å². The number of hydrogen-bond acceptors (Lipinski definition) is 3. The molecule has 0 radical (unpaired) electrons. The second-order valence-electron chi connectivity index (χ2n) is 5.26. The van der Waals surface area contributed by atoms with Gasteiger partial charge in [0, 0.05) is 19.6 Å². The Morgan fingerprint density at radius 3 is 2.56 bits per heavy atom. The van der Waals surface area contributed by atoms with Gasteiger partial charge in [0.2, 0.25) is 0 Å². The van der Waals surface area contributed by atoms with Gasteiger partial charge in [-0.25, -0.2) is 0 Å². The molecule has 1 saturated carbocycles. The van der Waals surface area contributed by atoms with E-state index in [4.69, 9.17) is 10.5 Å². The number of nitrogens with two attached hydrogens (primary N) is 1. The maximum absolute atomic E-state index is 5.73. The van der Waals surface area contributed by atoms with Crippen molar-refractivity contribution < 1.29 is 4.74 Å². The highest BCUT2D eigenvalue weighted by atomic mass is 16.5. The van der Waals surface area contributed by atoms with Gasteiger partial charge in [-0.05, 0) is 43.5 Å². The Hall–Kier alpha value is -1.06. The maximum Gasteiger partial charge on any atom is 0.119 e. The highest BCUT2D eigenvalue weighted by Gasteiger charge is 2.18. The highest BCUT2D eigenvalue weighted by Crippen LogP contribution is 2.26. The molecule has 3 heteroatoms. The molecule has 1 aliphatic carbocycles. The molecule has 0 bridgehead atoms. The van der Waals surface area contributed by atoms with Gasteiger partial charge in [-0.2, -0.15) is 0 Å². The van der Waals surface area contributed by atoms with Crippen molar-refractivity contribution in [3.05, 3.63) is 29.8 Å². The summed E-state index contributed by atoms with van der Waals surface area (Å²) in [4.78, 5) is 2.37. The molecular formula is C15H24N2O. The Labute approximate surface area is 110 Å². The lowest BCUT2D eigenvalue weighted by Gasteiger charge is -2.30. The molecule has 1 aromatic carbocycles. The largest absolute Gasteiger partial charge is 0.492 e. The molecular weight excluding hydrogens is 224 g/mol. The smallest absolute Gasteiger partial charge is 0.119 e. The fourth-order valence-corrected chi connectivity index (χ4v) is 2.25. The second kappa shape index (κ2) is 6.76. The van der Waals surface area contributed by atoms with Crippen LogP contribution in [0, 0.1) is 5.92 Å². The summed E-state index contributed by atoms with van der Waals surface area (Å²) in [5.41, 5.74) is 6.70. The normalized spacial score (nSPS) is 15.7. The average molecular weight is 248 g/mol. The van der Waals surface area contributed by atoms with E-state index in [1.165, 1.54) is 25.8 Å². The summed E-state index contributed by atoms with van der Waals surface area (Å²) in [5, 5.41) is 0. The second-order valence-corrected chi connectivity index (χ2v) is 5.26. The third kappa shape index (κ3) is 4.00. The van der Waals surface area contributed by atoms with Crippen LogP contribution in [0.4, 0.5) is 0 Å². The summed E-state index contributed by atoms with van der Waals surface area (Å²) < 4.78 is 5.73. The van der Waals surface area contributed by atoms with Crippen molar-refractivity contribution in [3.63, 3.8) is 0 Å². The van der Waals surface area contributed by atoms with E-state index in [1.807, 2.05) is 24.3 Å². The predicted octanol–water partition coefficient (Wildman–Crippen LogP) is 2.26. The van der Waals surface area contributed by atoms with E-state index in [9.17, 15) is 0 Å². The zero-order chi connectivity index (χ0) is 12.8. The maximum atomic E-state index is 5.73. The van der Waals surface area contributed by atoms with E-state index in [2.05, 4.69) is 11.9 Å². The van der Waals surface area contributed by atoms with Gasteiger partial charge in [0.1, 0.15) is 12.4 Å². The number of nitrogens with zero attached hydrogens (tertiary/aromatic N) is 1. The van der Waals surface area contributed by atoms with Crippen LogP contribution in [0.5, 0.6) is 5.75 Å². The van der Waals surface area contributed by atoms with Crippen LogP contribution >= 0.6 is 0 Å². The molecule has 0 aromatic heterocycles. The number of rotatable bonds is 7. The van der Waals surface area contributed by atoms with Crippen LogP contribution in [0.15, 0.2) is 24.3 Å². The molecule has 0 spiro atoms. The Balaban J connectivity index is 1.64. The van der Waals surface area contributed by atoms with Crippen LogP contribution in [0.1, 0.15) is 24.8 Å². The topological polar surface area (TPSA) is 38.5 Å². The Morgan fingerprint density at radius 1 is 1.28 bits per heavy atom. The van der Waals surface area contributed by atoms with E-state index in [0.717, 1.165) is 30.4 Å². The fourth-order valence-electron chi connectivity index (χ4n) is 2.25. The van der Waals surface area contributed by atoms with Crippen molar-refractivity contribution in [2.75, 3.05) is 26.7 Å². The molecule has 1 fully saturated rings. The molecule has 0 saturated heterocycles. The van der Waals surface area contributed by atoms with Gasteiger partial charge in [-0.1, -0.05) is 18.6 Å². The molecule has 2 N–H and O–H groups in total. The summed E-state index contributed by atoms with van der Waals surface area (Å²) >= 11 is 0. The van der Waals surface area contributed by atoms with E-state index in [1.54, 1.807) is 0 Å². The summed E-state index contributed by atoms with van der Waals surface area (Å²) in [6.07, 6.45) is 4.24. The lowest BCUT2D eigenvalue weighted by Crippen LogP contribution is -2.32. The quantitative estimate of drug-likeness (QED) is 0.804. The molecule has 0 aliphatic heterocycles. The molecule has 3 nitrogen and oxygen atoms in total. The molecule has 0 heterocycles. The number of hydrogen-bond donors (Lipinski definition) is 1. The Morgan fingerprint density at radius 2 is 2.00 bits per heavy atom. The first-order valence-corrected chi connectivity index (χ1v) is 6.88. The minimum absolute atomic E-state index is 0.588. The van der Waals surface area contributed by atoms with E-state index in [0.29, 0.717) is 6.54 Å². The van der Waals surface area contributed by atoms with Gasteiger partial charge in [-0.3, -0.25) is 0 Å². The summed E-state index contributed by atoms with van der Waals surface area (Å²) in [6.45, 7) is 3.56. The lowest BCUT2D eigenvalue weighted by atomic mass is 9.85. The first-order chi connectivity index (χ1) is 8.78. The minimum Gasteiger partial charge on any atom is -0.492 e. The first kappa shape index (κ1) is 13.4. The monoisotopic (exact) mass is 248 g/mol. The van der Waals surface area contributed by atoms with Gasteiger partial charge in [0.05, 0.1) is 0 Å². The zero-order valence-electron chi connectivity index (χ0n) is 11.3. The van der Waals surface area contributed by atoms with Crippen LogP contribution in [0.25, 0.3) is 0 Å². The summed E-state index contributed by atoms with van der Waals surface area (Å²) in [5.74, 6) is 1.86. The third-order valence-corrected chi connectivity index (χ3v) is 3.70. The predicted molar refractivity (Wildman–Crippen MR) is 74.7 cm³/mol. The summed E-state index contributed by atoms with van der Waals surface area (Å²) in [7, 11) is 2.18. The molecule has 0 amide bonds. The van der Waals surface area contributed by atoms with Crippen LogP contribution in [0.3, 0.4) is 0 Å². The molecule has 1 aromatic rings. The molecule has 100 valence electrons. The van der Waals surface area contributed by atoms with Gasteiger partial charge in [-0.15, -0.1) is 0 Å². The highest BCUT2D eigenvalue weighted by molar-refractivity contribution is 5.27. The van der Waals surface area contributed by atoms with Crippen molar-refractivity contribution in [3.8, 4) is 5.75 Å². The van der Waals surface area contributed by atoms with Crippen molar-refractivity contribution >= 4 is 0 Å². The zero-order valence-corrected chi connectivity index (χ0v) is 11.3. The van der Waals surface area contributed by atoms with Gasteiger partial charge in [0.15, 0.2) is 0 Å². The molecule has 0 atom stereocenters. The fraction of sp³-hybridized carbons (Fsp3) is 0.600. The average Bonchev–Trinajstić information content (AvgIpc) is 2.35. The van der Waals surface area contributed by atoms with Crippen LogP contribution in [-0.4, -0.2) is 31.6 Å². The SMILES string of the molecule is CN(CCOc1ccc(CN)cc1)CC1CCC1. The number of likely N-dealkylation sites (N-methyl/N-ethyl adjacent to an activating group) is 1. The van der Waals surface area contributed by atoms with Gasteiger partial charge in [0.25, 0.3) is 0 Å². The van der Waals surface area contributed by atoms with Gasteiger partial charge >= 0.3 is 0 Å². The van der Waals surface area contributed by atoms with Crippen LogP contribution in [-0.2, 0) is 6.54 Å². The van der Waals surface area contributed by atoms with Crippen molar-refractivity contribution in [1.82, 2.24) is 4.90 Å². The molecule has 18 heavy (non-hydrogen) atoms. The Kier molecular flexibility index (Phi) is 5.02. The van der Waals surface area contributed by atoms with Crippen LogP contribution in [0.2, 0.25) is 0 Å². The van der Waals surface area contributed by atoms with E-state index >= 15 is 0 Å². The summed E-state index contributed by atoms with van der Waals surface area (Å²) in [6, 6.07) is 8.03. The molecule has 1 aliphatic rings. The van der Waals surface area contributed by atoms with Crippen molar-refractivity contribution in [1.29, 1.82) is 0 Å². The number of benzene rings is 1. The molecule has 2 rings (SSSR count). The molecule has 0 unspecified atom stereocenters. The van der Waals surface area contributed by atoms with Crippen molar-refractivity contribution in [2.45, 2.75) is 25.8 Å². The standard InChI is InChI=1S/C15H24N2O/c1-17(12-14-3-2-4-14)9-10-18-15-7-5-13(11-16)6-8-15/h5-8,14H,2-4,9-12,16H2,1H3. The van der Waals surface area contributed by atoms with Gasteiger partial charge < -0.3 is 15.4 Å². The Bertz CT molecular complexity index is 346. The first-order valence-electron chi connectivity index (χ1n) is 6.88. The lowest BCUT2D eigenvalue weighted by molar-refractivity contribution is 0.177. The van der Waals surface area contributed by atoms with Crippen LogP contribution < -0.4 is 10.5 Å². The number of ether oxygens (including phenoxy) is 1. The third-order valence-electron chi connectivity index (χ3n) is 3.70. The minimum atomic E-state index is 0.588. The van der Waals surface area contributed by atoms with E-state index in [-0.39, 0.29) is 0 Å².